The molecule has 1 unspecified atom stereocenters. The number of carbonyl (C=O) groups excluding carboxylic acids is 1. The maximum absolute atomic E-state index is 12.8. The zero-order chi connectivity index (χ0) is 16.9. The first-order chi connectivity index (χ1) is 10.1. The number of carbonyl (C=O) groups is 1. The molecule has 0 aromatic heterocycles. The maximum Gasteiger partial charge on any atom is 0.417 e. The molecule has 3 N–H and O–H groups in total. The Morgan fingerprint density at radius 3 is 2.55 bits per heavy atom. The predicted molar refractivity (Wildman–Crippen MR) is 74.0 cm³/mol. The minimum Gasteiger partial charge on any atom is -0.391 e. The number of aliphatic hydroxyl groups is 1. The number of urea groups is 1. The number of benzene rings is 1. The van der Waals surface area contributed by atoms with E-state index in [0.29, 0.717) is 6.07 Å². The van der Waals surface area contributed by atoms with Gasteiger partial charge in [-0.25, -0.2) is 4.79 Å². The second-order valence-electron chi connectivity index (χ2n) is 5.02. The molecule has 0 aliphatic carbocycles. The third-order valence-corrected chi connectivity index (χ3v) is 2.94. The summed E-state index contributed by atoms with van der Waals surface area (Å²) in [5.74, 6) is -0.0629. The second kappa shape index (κ2) is 7.13. The zero-order valence-corrected chi connectivity index (χ0v) is 12.0. The van der Waals surface area contributed by atoms with Crippen molar-refractivity contribution in [3.05, 3.63) is 29.3 Å². The highest BCUT2D eigenvalue weighted by Gasteiger charge is 2.33. The van der Waals surface area contributed by atoms with E-state index in [0.717, 1.165) is 6.07 Å². The quantitative estimate of drug-likeness (QED) is 0.798. The van der Waals surface area contributed by atoms with Gasteiger partial charge in [0.2, 0.25) is 0 Å². The van der Waals surface area contributed by atoms with E-state index < -0.39 is 29.4 Å². The highest BCUT2D eigenvalue weighted by Crippen LogP contribution is 2.33. The molecule has 2 amide bonds. The Bertz CT molecular complexity index is 580. The fourth-order valence-electron chi connectivity index (χ4n) is 1.56. The molecule has 1 rings (SSSR count). The van der Waals surface area contributed by atoms with Crippen molar-refractivity contribution in [3.8, 4) is 6.07 Å². The van der Waals surface area contributed by atoms with Gasteiger partial charge in [-0.1, -0.05) is 13.8 Å². The lowest BCUT2D eigenvalue weighted by Gasteiger charge is -2.16. The highest BCUT2D eigenvalue weighted by atomic mass is 19.4. The normalized spacial score (nSPS) is 12.6. The third kappa shape index (κ3) is 4.93. The summed E-state index contributed by atoms with van der Waals surface area (Å²) in [5, 5.41) is 22.8. The maximum atomic E-state index is 12.8. The lowest BCUT2D eigenvalue weighted by atomic mass is 10.1. The average molecular weight is 315 g/mol. The van der Waals surface area contributed by atoms with Crippen LogP contribution in [0.1, 0.15) is 25.0 Å². The van der Waals surface area contributed by atoms with Crippen LogP contribution >= 0.6 is 0 Å². The van der Waals surface area contributed by atoms with Crippen molar-refractivity contribution in [1.82, 2.24) is 5.32 Å². The second-order valence-corrected chi connectivity index (χ2v) is 5.02. The molecule has 0 spiro atoms. The van der Waals surface area contributed by atoms with Crippen molar-refractivity contribution in [2.45, 2.75) is 26.1 Å². The van der Waals surface area contributed by atoms with Gasteiger partial charge in [-0.15, -0.1) is 0 Å². The summed E-state index contributed by atoms with van der Waals surface area (Å²) >= 11 is 0. The third-order valence-electron chi connectivity index (χ3n) is 2.94. The largest absolute Gasteiger partial charge is 0.417 e. The molecule has 0 aliphatic rings. The van der Waals surface area contributed by atoms with Crippen LogP contribution < -0.4 is 10.6 Å². The molecule has 0 bridgehead atoms. The van der Waals surface area contributed by atoms with E-state index in [1.807, 2.05) is 0 Å². The molecule has 0 radical (unpaired) electrons. The number of amides is 2. The van der Waals surface area contributed by atoms with Crippen LogP contribution in [0, 0.1) is 17.2 Å². The van der Waals surface area contributed by atoms with Gasteiger partial charge in [0, 0.05) is 12.2 Å². The number of rotatable bonds is 4. The monoisotopic (exact) mass is 315 g/mol. The van der Waals surface area contributed by atoms with E-state index in [1.54, 1.807) is 13.8 Å². The van der Waals surface area contributed by atoms with Crippen molar-refractivity contribution in [2.24, 2.45) is 5.92 Å². The van der Waals surface area contributed by atoms with Gasteiger partial charge < -0.3 is 15.7 Å². The average Bonchev–Trinajstić information content (AvgIpc) is 2.43. The van der Waals surface area contributed by atoms with Gasteiger partial charge >= 0.3 is 12.2 Å². The van der Waals surface area contributed by atoms with E-state index in [-0.39, 0.29) is 18.2 Å². The molecule has 120 valence electrons. The lowest BCUT2D eigenvalue weighted by molar-refractivity contribution is -0.137. The molecule has 1 aromatic rings. The smallest absolute Gasteiger partial charge is 0.391 e. The van der Waals surface area contributed by atoms with E-state index in [1.165, 1.54) is 12.1 Å². The van der Waals surface area contributed by atoms with Gasteiger partial charge in [-0.05, 0) is 24.1 Å². The van der Waals surface area contributed by atoms with Gasteiger partial charge in [0.1, 0.15) is 0 Å². The van der Waals surface area contributed by atoms with Crippen LogP contribution in [0.15, 0.2) is 18.2 Å². The summed E-state index contributed by atoms with van der Waals surface area (Å²) in [6.07, 6.45) is -5.44. The number of anilines is 1. The Kier molecular flexibility index (Phi) is 5.77. The standard InChI is InChI=1S/C14H16F3N3O2/c1-8(2)12(21)7-19-13(22)20-10-4-3-9(6-18)11(5-10)14(15,16)17/h3-5,8,12,21H,7H2,1-2H3,(H2,19,20,22). The molecule has 5 nitrogen and oxygen atoms in total. The lowest BCUT2D eigenvalue weighted by Crippen LogP contribution is -2.37. The molecular weight excluding hydrogens is 299 g/mol. The first-order valence-electron chi connectivity index (χ1n) is 6.49. The molecule has 8 heteroatoms. The molecule has 0 heterocycles. The highest BCUT2D eigenvalue weighted by molar-refractivity contribution is 5.89. The van der Waals surface area contributed by atoms with E-state index >= 15 is 0 Å². The molecule has 22 heavy (non-hydrogen) atoms. The summed E-state index contributed by atoms with van der Waals surface area (Å²) in [5.41, 5.74) is -1.73. The number of nitriles is 1. The van der Waals surface area contributed by atoms with Crippen molar-refractivity contribution >= 4 is 11.7 Å². The summed E-state index contributed by atoms with van der Waals surface area (Å²) in [4.78, 5) is 11.6. The minimum atomic E-state index is -4.69. The Morgan fingerprint density at radius 1 is 1.41 bits per heavy atom. The molecule has 0 saturated carbocycles. The number of hydrogen-bond donors (Lipinski definition) is 3. The fraction of sp³-hybridized carbons (Fsp3) is 0.429. The summed E-state index contributed by atoms with van der Waals surface area (Å²) < 4.78 is 38.3. The predicted octanol–water partition coefficient (Wildman–Crippen LogP) is 2.72. The van der Waals surface area contributed by atoms with Crippen LogP contribution in [0.2, 0.25) is 0 Å². The van der Waals surface area contributed by atoms with Crippen molar-refractivity contribution in [1.29, 1.82) is 5.26 Å². The van der Waals surface area contributed by atoms with Crippen molar-refractivity contribution in [2.75, 3.05) is 11.9 Å². The molecule has 0 saturated heterocycles. The number of nitrogens with zero attached hydrogens (tertiary/aromatic N) is 1. The van der Waals surface area contributed by atoms with Crippen LogP contribution in [0.3, 0.4) is 0 Å². The first-order valence-corrected chi connectivity index (χ1v) is 6.49. The van der Waals surface area contributed by atoms with Gasteiger partial charge in [-0.3, -0.25) is 0 Å². The van der Waals surface area contributed by atoms with Gasteiger partial charge in [0.25, 0.3) is 0 Å². The van der Waals surface area contributed by atoms with Crippen molar-refractivity contribution in [3.63, 3.8) is 0 Å². The summed E-state index contributed by atoms with van der Waals surface area (Å²) in [7, 11) is 0. The van der Waals surface area contributed by atoms with E-state index in [4.69, 9.17) is 5.26 Å². The van der Waals surface area contributed by atoms with Crippen molar-refractivity contribution < 1.29 is 23.1 Å². The molecule has 1 atom stereocenters. The van der Waals surface area contributed by atoms with Crippen LogP contribution in [0.5, 0.6) is 0 Å². The fourth-order valence-corrected chi connectivity index (χ4v) is 1.56. The van der Waals surface area contributed by atoms with Crippen LogP contribution in [-0.2, 0) is 6.18 Å². The topological polar surface area (TPSA) is 85.2 Å². The van der Waals surface area contributed by atoms with Crippen LogP contribution in [-0.4, -0.2) is 23.8 Å². The number of hydrogen-bond acceptors (Lipinski definition) is 3. The molecular formula is C14H16F3N3O2. The van der Waals surface area contributed by atoms with Crippen LogP contribution in [0.4, 0.5) is 23.7 Å². The Hall–Kier alpha value is -2.27. The zero-order valence-electron chi connectivity index (χ0n) is 12.0. The molecule has 0 aliphatic heterocycles. The summed E-state index contributed by atoms with van der Waals surface area (Å²) in [6, 6.07) is 3.60. The minimum absolute atomic E-state index is 0.0219. The Morgan fingerprint density at radius 2 is 2.05 bits per heavy atom. The van der Waals surface area contributed by atoms with Gasteiger partial charge in [0.05, 0.1) is 23.3 Å². The van der Waals surface area contributed by atoms with E-state index in [9.17, 15) is 23.1 Å². The van der Waals surface area contributed by atoms with Gasteiger partial charge in [0.15, 0.2) is 0 Å². The Labute approximate surface area is 125 Å². The summed E-state index contributed by atoms with van der Waals surface area (Å²) in [6.45, 7) is 3.51. The van der Waals surface area contributed by atoms with E-state index in [2.05, 4.69) is 10.6 Å². The number of alkyl halides is 3. The molecule has 1 aromatic carbocycles. The molecule has 0 fully saturated rings. The number of aliphatic hydroxyl groups excluding tert-OH is 1. The SMILES string of the molecule is CC(C)C(O)CNC(=O)Nc1ccc(C#N)c(C(F)(F)F)c1. The number of halogens is 3. The van der Waals surface area contributed by atoms with Crippen LogP contribution in [0.25, 0.3) is 0 Å². The number of nitrogens with one attached hydrogen (secondary N) is 2. The first kappa shape index (κ1) is 17.8. The Balaban J connectivity index is 2.79. The van der Waals surface area contributed by atoms with Gasteiger partial charge in [-0.2, -0.15) is 18.4 Å².